The van der Waals surface area contributed by atoms with E-state index in [0.29, 0.717) is 0 Å². The van der Waals surface area contributed by atoms with Crippen molar-refractivity contribution in [3.63, 3.8) is 0 Å². The van der Waals surface area contributed by atoms with Crippen LogP contribution in [0.1, 0.15) is 38.2 Å². The standard InChI is InChI=1S/C15H25NO/c1-3-4-5-6-11-16-12-10-14-8-7-9-15(13-14)17-2/h7-9,13,16H,3-6,10-12H2,1-2H3. The monoisotopic (exact) mass is 235 g/mol. The minimum absolute atomic E-state index is 0.949. The molecule has 0 radical (unpaired) electrons. The lowest BCUT2D eigenvalue weighted by Gasteiger charge is -2.06. The van der Waals surface area contributed by atoms with E-state index in [0.717, 1.165) is 25.3 Å². The molecule has 2 heteroatoms. The second-order valence-electron chi connectivity index (χ2n) is 4.41. The predicted molar refractivity (Wildman–Crippen MR) is 73.7 cm³/mol. The molecular weight excluding hydrogens is 210 g/mol. The van der Waals surface area contributed by atoms with Gasteiger partial charge in [0.05, 0.1) is 7.11 Å². The lowest BCUT2D eigenvalue weighted by atomic mass is 10.1. The van der Waals surface area contributed by atoms with Crippen molar-refractivity contribution in [2.24, 2.45) is 0 Å². The fourth-order valence-corrected chi connectivity index (χ4v) is 1.86. The highest BCUT2D eigenvalue weighted by Crippen LogP contribution is 2.12. The summed E-state index contributed by atoms with van der Waals surface area (Å²) in [5.74, 6) is 0.949. The SMILES string of the molecule is CCCCCCNCCc1cccc(OC)c1. The molecule has 1 aromatic carbocycles. The van der Waals surface area contributed by atoms with Crippen molar-refractivity contribution in [1.82, 2.24) is 5.32 Å². The van der Waals surface area contributed by atoms with Crippen LogP contribution in [0.3, 0.4) is 0 Å². The normalized spacial score (nSPS) is 10.5. The number of unbranched alkanes of at least 4 members (excludes halogenated alkanes) is 3. The molecule has 0 bridgehead atoms. The second-order valence-corrected chi connectivity index (χ2v) is 4.41. The summed E-state index contributed by atoms with van der Waals surface area (Å²) in [6.07, 6.45) is 6.39. The van der Waals surface area contributed by atoms with Gasteiger partial charge in [-0.3, -0.25) is 0 Å². The van der Waals surface area contributed by atoms with Gasteiger partial charge in [0.15, 0.2) is 0 Å². The first kappa shape index (κ1) is 14.0. The van der Waals surface area contributed by atoms with Gasteiger partial charge in [-0.05, 0) is 43.6 Å². The molecule has 0 aromatic heterocycles. The highest BCUT2D eigenvalue weighted by Gasteiger charge is 1.95. The highest BCUT2D eigenvalue weighted by atomic mass is 16.5. The maximum atomic E-state index is 5.21. The number of nitrogens with one attached hydrogen (secondary N) is 1. The minimum atomic E-state index is 0.949. The van der Waals surface area contributed by atoms with Crippen LogP contribution < -0.4 is 10.1 Å². The van der Waals surface area contributed by atoms with Gasteiger partial charge in [-0.15, -0.1) is 0 Å². The largest absolute Gasteiger partial charge is 0.497 e. The Kier molecular flexibility index (Phi) is 7.48. The summed E-state index contributed by atoms with van der Waals surface area (Å²) in [7, 11) is 1.71. The zero-order valence-corrected chi connectivity index (χ0v) is 11.2. The fourth-order valence-electron chi connectivity index (χ4n) is 1.86. The van der Waals surface area contributed by atoms with Gasteiger partial charge in [0.2, 0.25) is 0 Å². The summed E-state index contributed by atoms with van der Waals surface area (Å²) in [5.41, 5.74) is 1.34. The number of ether oxygens (including phenoxy) is 1. The van der Waals surface area contributed by atoms with Crippen molar-refractivity contribution in [3.05, 3.63) is 29.8 Å². The fraction of sp³-hybridized carbons (Fsp3) is 0.600. The molecule has 1 aromatic rings. The van der Waals surface area contributed by atoms with Gasteiger partial charge < -0.3 is 10.1 Å². The van der Waals surface area contributed by atoms with Gasteiger partial charge in [-0.25, -0.2) is 0 Å². The molecule has 0 aliphatic rings. The first-order valence-electron chi connectivity index (χ1n) is 6.70. The number of benzene rings is 1. The van der Waals surface area contributed by atoms with Crippen molar-refractivity contribution < 1.29 is 4.74 Å². The van der Waals surface area contributed by atoms with Crippen LogP contribution in [-0.4, -0.2) is 20.2 Å². The molecule has 1 rings (SSSR count). The van der Waals surface area contributed by atoms with Crippen LogP contribution in [0.5, 0.6) is 5.75 Å². The van der Waals surface area contributed by atoms with Crippen molar-refractivity contribution >= 4 is 0 Å². The van der Waals surface area contributed by atoms with E-state index in [2.05, 4.69) is 30.4 Å². The summed E-state index contributed by atoms with van der Waals surface area (Å²) in [4.78, 5) is 0. The van der Waals surface area contributed by atoms with Gasteiger partial charge in [0.1, 0.15) is 5.75 Å². The molecule has 0 amide bonds. The van der Waals surface area contributed by atoms with Crippen molar-refractivity contribution in [3.8, 4) is 5.75 Å². The Labute approximate surface area is 105 Å². The Hall–Kier alpha value is -1.02. The molecule has 0 spiro atoms. The van der Waals surface area contributed by atoms with Crippen LogP contribution in [0.4, 0.5) is 0 Å². The molecule has 0 saturated carbocycles. The van der Waals surface area contributed by atoms with E-state index in [1.807, 2.05) is 6.07 Å². The third-order valence-corrected chi connectivity index (χ3v) is 2.93. The molecule has 0 fully saturated rings. The zero-order valence-electron chi connectivity index (χ0n) is 11.2. The highest BCUT2D eigenvalue weighted by molar-refractivity contribution is 5.28. The van der Waals surface area contributed by atoms with Gasteiger partial charge in [-0.1, -0.05) is 38.3 Å². The number of methoxy groups -OCH3 is 1. The van der Waals surface area contributed by atoms with Crippen LogP contribution in [0, 0.1) is 0 Å². The van der Waals surface area contributed by atoms with Crippen LogP contribution >= 0.6 is 0 Å². The molecule has 0 unspecified atom stereocenters. The van der Waals surface area contributed by atoms with Crippen molar-refractivity contribution in [2.75, 3.05) is 20.2 Å². The smallest absolute Gasteiger partial charge is 0.119 e. The molecular formula is C15H25NO. The van der Waals surface area contributed by atoms with E-state index >= 15 is 0 Å². The summed E-state index contributed by atoms with van der Waals surface area (Å²) in [6, 6.07) is 8.30. The quantitative estimate of drug-likeness (QED) is 0.662. The molecule has 0 saturated heterocycles. The predicted octanol–water partition coefficient (Wildman–Crippen LogP) is 3.41. The zero-order chi connectivity index (χ0) is 12.3. The second kappa shape index (κ2) is 9.06. The van der Waals surface area contributed by atoms with Gasteiger partial charge in [0.25, 0.3) is 0 Å². The average molecular weight is 235 g/mol. The molecule has 0 aliphatic heterocycles. The Balaban J connectivity index is 2.09. The third-order valence-electron chi connectivity index (χ3n) is 2.93. The number of rotatable bonds is 9. The van der Waals surface area contributed by atoms with Crippen LogP contribution in [0.15, 0.2) is 24.3 Å². The Morgan fingerprint density at radius 2 is 2.00 bits per heavy atom. The Morgan fingerprint density at radius 1 is 1.12 bits per heavy atom. The first-order chi connectivity index (χ1) is 8.36. The summed E-state index contributed by atoms with van der Waals surface area (Å²) >= 11 is 0. The maximum absolute atomic E-state index is 5.21. The van der Waals surface area contributed by atoms with E-state index in [-0.39, 0.29) is 0 Å². The van der Waals surface area contributed by atoms with Crippen LogP contribution in [0.2, 0.25) is 0 Å². The number of hydrogen-bond acceptors (Lipinski definition) is 2. The molecule has 1 N–H and O–H groups in total. The molecule has 0 aliphatic carbocycles. The third kappa shape index (κ3) is 6.32. The van der Waals surface area contributed by atoms with Crippen molar-refractivity contribution in [2.45, 2.75) is 39.0 Å². The molecule has 0 heterocycles. The summed E-state index contributed by atoms with van der Waals surface area (Å²) < 4.78 is 5.21. The lowest BCUT2D eigenvalue weighted by molar-refractivity contribution is 0.414. The van der Waals surface area contributed by atoms with Crippen LogP contribution in [-0.2, 0) is 6.42 Å². The summed E-state index contributed by atoms with van der Waals surface area (Å²) in [6.45, 7) is 4.44. The summed E-state index contributed by atoms with van der Waals surface area (Å²) in [5, 5.41) is 3.49. The van der Waals surface area contributed by atoms with Gasteiger partial charge >= 0.3 is 0 Å². The van der Waals surface area contributed by atoms with E-state index in [4.69, 9.17) is 4.74 Å². The molecule has 17 heavy (non-hydrogen) atoms. The average Bonchev–Trinajstić information content (AvgIpc) is 2.38. The van der Waals surface area contributed by atoms with E-state index in [1.54, 1.807) is 7.11 Å². The first-order valence-corrected chi connectivity index (χ1v) is 6.70. The number of hydrogen-bond donors (Lipinski definition) is 1. The topological polar surface area (TPSA) is 21.3 Å². The molecule has 2 nitrogen and oxygen atoms in total. The van der Waals surface area contributed by atoms with Crippen LogP contribution in [0.25, 0.3) is 0 Å². The van der Waals surface area contributed by atoms with Gasteiger partial charge in [-0.2, -0.15) is 0 Å². The minimum Gasteiger partial charge on any atom is -0.497 e. The lowest BCUT2D eigenvalue weighted by Crippen LogP contribution is -2.18. The Morgan fingerprint density at radius 3 is 2.76 bits per heavy atom. The van der Waals surface area contributed by atoms with E-state index in [1.165, 1.54) is 31.2 Å². The maximum Gasteiger partial charge on any atom is 0.119 e. The van der Waals surface area contributed by atoms with E-state index < -0.39 is 0 Å². The molecule has 96 valence electrons. The molecule has 0 atom stereocenters. The van der Waals surface area contributed by atoms with Crippen molar-refractivity contribution in [1.29, 1.82) is 0 Å². The Bertz CT molecular complexity index is 299. The van der Waals surface area contributed by atoms with E-state index in [9.17, 15) is 0 Å². The van der Waals surface area contributed by atoms with Gasteiger partial charge in [0, 0.05) is 0 Å².